The molecule has 6 heteroatoms. The average Bonchev–Trinajstić information content (AvgIpc) is 2.29. The maximum atomic E-state index is 8.84. The Hall–Kier alpha value is -1.08. The van der Waals surface area contributed by atoms with E-state index in [1.807, 2.05) is 23.9 Å². The van der Waals surface area contributed by atoms with Gasteiger partial charge in [0.05, 0.1) is 24.6 Å². The molecule has 18 heavy (non-hydrogen) atoms. The maximum absolute atomic E-state index is 8.84. The molecule has 0 radical (unpaired) electrons. The predicted molar refractivity (Wildman–Crippen MR) is 68.9 cm³/mol. The Labute approximate surface area is 108 Å². The molecule has 0 aliphatic rings. The molecule has 1 rings (SSSR count). The minimum atomic E-state index is 0.142. The Balaban J connectivity index is 2.56. The molecule has 0 aliphatic heterocycles. The van der Waals surface area contributed by atoms with Gasteiger partial charge in [0.25, 0.3) is 0 Å². The highest BCUT2D eigenvalue weighted by Crippen LogP contribution is 2.02. The standard InChI is InChI=1S/C12H22N4O2/c1-15(3-5-17)9-11-7-13-8-12(14-11)10-16(2)4-6-18/h7-8,17-18H,3-6,9-10H2,1-2H3. The van der Waals surface area contributed by atoms with Crippen molar-refractivity contribution in [3.8, 4) is 0 Å². The number of nitrogens with zero attached hydrogens (tertiary/aromatic N) is 4. The summed E-state index contributed by atoms with van der Waals surface area (Å²) >= 11 is 0. The number of aliphatic hydroxyl groups excluding tert-OH is 2. The molecule has 102 valence electrons. The van der Waals surface area contributed by atoms with Crippen LogP contribution in [0.2, 0.25) is 0 Å². The first-order valence-electron chi connectivity index (χ1n) is 6.04. The zero-order valence-corrected chi connectivity index (χ0v) is 11.1. The molecule has 0 bridgehead atoms. The molecule has 0 unspecified atom stereocenters. The molecule has 0 aliphatic carbocycles. The molecule has 0 fully saturated rings. The van der Waals surface area contributed by atoms with E-state index in [1.54, 1.807) is 12.4 Å². The molecule has 1 aromatic heterocycles. The first-order valence-corrected chi connectivity index (χ1v) is 6.04. The Kier molecular flexibility index (Phi) is 6.74. The molecule has 0 amide bonds. The fraction of sp³-hybridized carbons (Fsp3) is 0.667. The molecule has 0 saturated heterocycles. The van der Waals surface area contributed by atoms with Crippen LogP contribution in [0.5, 0.6) is 0 Å². The van der Waals surface area contributed by atoms with Gasteiger partial charge in [-0.1, -0.05) is 0 Å². The number of rotatable bonds is 8. The van der Waals surface area contributed by atoms with Crippen molar-refractivity contribution in [3.05, 3.63) is 23.8 Å². The van der Waals surface area contributed by atoms with Gasteiger partial charge in [0.2, 0.25) is 0 Å². The first-order chi connectivity index (χ1) is 8.65. The lowest BCUT2D eigenvalue weighted by molar-refractivity contribution is 0.213. The minimum Gasteiger partial charge on any atom is -0.395 e. The van der Waals surface area contributed by atoms with Crippen LogP contribution in [0.4, 0.5) is 0 Å². The summed E-state index contributed by atoms with van der Waals surface area (Å²) in [6.45, 7) is 2.87. The van der Waals surface area contributed by atoms with Gasteiger partial charge in [0.15, 0.2) is 0 Å². The van der Waals surface area contributed by atoms with Crippen molar-refractivity contribution in [2.24, 2.45) is 0 Å². The third kappa shape index (κ3) is 5.50. The first kappa shape index (κ1) is 15.0. The second-order valence-electron chi connectivity index (χ2n) is 4.42. The quantitative estimate of drug-likeness (QED) is 0.641. The summed E-state index contributed by atoms with van der Waals surface area (Å²) in [5, 5.41) is 17.7. The smallest absolute Gasteiger partial charge is 0.0730 e. The summed E-state index contributed by atoms with van der Waals surface area (Å²) in [6, 6.07) is 0. The van der Waals surface area contributed by atoms with E-state index < -0.39 is 0 Å². The molecule has 0 atom stereocenters. The lowest BCUT2D eigenvalue weighted by atomic mass is 10.3. The second kappa shape index (κ2) is 8.10. The van der Waals surface area contributed by atoms with Gasteiger partial charge in [-0.3, -0.25) is 19.8 Å². The van der Waals surface area contributed by atoms with Crippen LogP contribution in [0.25, 0.3) is 0 Å². The third-order valence-corrected chi connectivity index (χ3v) is 2.56. The summed E-state index contributed by atoms with van der Waals surface area (Å²) in [5.74, 6) is 0. The van der Waals surface area contributed by atoms with Gasteiger partial charge >= 0.3 is 0 Å². The van der Waals surface area contributed by atoms with Crippen LogP contribution in [-0.4, -0.2) is 70.4 Å². The number of aliphatic hydroxyl groups is 2. The summed E-state index contributed by atoms with van der Waals surface area (Å²) in [6.07, 6.45) is 3.48. The summed E-state index contributed by atoms with van der Waals surface area (Å²) in [5.41, 5.74) is 1.78. The highest BCUT2D eigenvalue weighted by atomic mass is 16.3. The number of aromatic nitrogens is 2. The zero-order chi connectivity index (χ0) is 13.4. The van der Waals surface area contributed by atoms with Crippen molar-refractivity contribution in [2.75, 3.05) is 40.4 Å². The van der Waals surface area contributed by atoms with Gasteiger partial charge in [-0.05, 0) is 14.1 Å². The molecular formula is C12H22N4O2. The Morgan fingerprint density at radius 3 is 1.78 bits per heavy atom. The van der Waals surface area contributed by atoms with Gasteiger partial charge in [-0.2, -0.15) is 0 Å². The molecule has 1 aromatic rings. The van der Waals surface area contributed by atoms with Crippen molar-refractivity contribution < 1.29 is 10.2 Å². The van der Waals surface area contributed by atoms with E-state index in [9.17, 15) is 0 Å². The molecule has 0 aromatic carbocycles. The number of hydrogen-bond acceptors (Lipinski definition) is 6. The second-order valence-corrected chi connectivity index (χ2v) is 4.42. The Morgan fingerprint density at radius 1 is 0.944 bits per heavy atom. The van der Waals surface area contributed by atoms with Crippen LogP contribution in [0.1, 0.15) is 11.4 Å². The highest BCUT2D eigenvalue weighted by molar-refractivity contribution is 5.03. The summed E-state index contributed by atoms with van der Waals surface area (Å²) < 4.78 is 0. The van der Waals surface area contributed by atoms with Gasteiger partial charge in [0, 0.05) is 38.6 Å². The van der Waals surface area contributed by atoms with E-state index in [4.69, 9.17) is 10.2 Å². The SMILES string of the molecule is CN(CCO)Cc1cncc(CN(C)CCO)n1. The Bertz CT molecular complexity index is 319. The van der Waals surface area contributed by atoms with Gasteiger partial charge in [0.1, 0.15) is 0 Å². The fourth-order valence-electron chi connectivity index (χ4n) is 1.66. The largest absolute Gasteiger partial charge is 0.395 e. The maximum Gasteiger partial charge on any atom is 0.0730 e. The molecule has 0 saturated carbocycles. The van der Waals surface area contributed by atoms with E-state index in [-0.39, 0.29) is 13.2 Å². The van der Waals surface area contributed by atoms with Crippen LogP contribution in [0.15, 0.2) is 12.4 Å². The van der Waals surface area contributed by atoms with Crippen molar-refractivity contribution in [1.82, 2.24) is 19.8 Å². The van der Waals surface area contributed by atoms with Crippen molar-refractivity contribution in [3.63, 3.8) is 0 Å². The van der Waals surface area contributed by atoms with Crippen LogP contribution < -0.4 is 0 Å². The fourth-order valence-corrected chi connectivity index (χ4v) is 1.66. The van der Waals surface area contributed by atoms with E-state index in [0.717, 1.165) is 11.4 Å². The predicted octanol–water partition coefficient (Wildman–Crippen LogP) is -0.675. The van der Waals surface area contributed by atoms with Gasteiger partial charge in [-0.25, -0.2) is 0 Å². The molecule has 6 nitrogen and oxygen atoms in total. The van der Waals surface area contributed by atoms with Crippen molar-refractivity contribution >= 4 is 0 Å². The summed E-state index contributed by atoms with van der Waals surface area (Å²) in [4.78, 5) is 12.7. The number of hydrogen-bond donors (Lipinski definition) is 2. The lowest BCUT2D eigenvalue weighted by Crippen LogP contribution is -2.24. The van der Waals surface area contributed by atoms with Crippen LogP contribution in [-0.2, 0) is 13.1 Å². The Morgan fingerprint density at radius 2 is 1.39 bits per heavy atom. The summed E-state index contributed by atoms with van der Waals surface area (Å²) in [7, 11) is 3.87. The van der Waals surface area contributed by atoms with Crippen molar-refractivity contribution in [2.45, 2.75) is 13.1 Å². The number of likely N-dealkylation sites (N-methyl/N-ethyl adjacent to an activating group) is 2. The van der Waals surface area contributed by atoms with Crippen LogP contribution in [0.3, 0.4) is 0 Å². The third-order valence-electron chi connectivity index (χ3n) is 2.56. The van der Waals surface area contributed by atoms with Crippen molar-refractivity contribution in [1.29, 1.82) is 0 Å². The molecule has 1 heterocycles. The van der Waals surface area contributed by atoms with Gasteiger partial charge in [-0.15, -0.1) is 0 Å². The normalized spacial score (nSPS) is 11.4. The van der Waals surface area contributed by atoms with Crippen LogP contribution in [0, 0.1) is 0 Å². The van der Waals surface area contributed by atoms with E-state index in [0.29, 0.717) is 26.2 Å². The molecular weight excluding hydrogens is 232 g/mol. The molecule has 0 spiro atoms. The van der Waals surface area contributed by atoms with Crippen LogP contribution >= 0.6 is 0 Å². The topological polar surface area (TPSA) is 72.7 Å². The van der Waals surface area contributed by atoms with E-state index >= 15 is 0 Å². The highest BCUT2D eigenvalue weighted by Gasteiger charge is 2.05. The minimum absolute atomic E-state index is 0.142. The van der Waals surface area contributed by atoms with Gasteiger partial charge < -0.3 is 10.2 Å². The monoisotopic (exact) mass is 254 g/mol. The van der Waals surface area contributed by atoms with E-state index in [1.165, 1.54) is 0 Å². The molecule has 2 N–H and O–H groups in total. The van der Waals surface area contributed by atoms with E-state index in [2.05, 4.69) is 9.97 Å². The zero-order valence-electron chi connectivity index (χ0n) is 11.1. The lowest BCUT2D eigenvalue weighted by Gasteiger charge is -2.16. The average molecular weight is 254 g/mol.